The number of pyridine rings is 1. The largest absolute Gasteiger partial charge is 0.478 e. The van der Waals surface area contributed by atoms with Gasteiger partial charge >= 0.3 is 5.97 Å². The Kier molecular flexibility index (Phi) is 8.03. The lowest BCUT2D eigenvalue weighted by molar-refractivity contribution is 0.0697. The second-order valence-corrected chi connectivity index (χ2v) is 11.0. The third kappa shape index (κ3) is 6.22. The van der Waals surface area contributed by atoms with E-state index in [0.29, 0.717) is 12.1 Å². The van der Waals surface area contributed by atoms with Crippen molar-refractivity contribution in [3.05, 3.63) is 94.5 Å². The normalized spacial score (nSPS) is 13.8. The number of rotatable bonds is 9. The number of anilines is 2. The molecule has 1 N–H and O–H groups in total. The van der Waals surface area contributed by atoms with Crippen molar-refractivity contribution in [3.63, 3.8) is 0 Å². The number of thiazole rings is 1. The van der Waals surface area contributed by atoms with Gasteiger partial charge in [0.2, 0.25) is 0 Å². The second kappa shape index (κ2) is 11.8. The molecular weight excluding hydrogens is 492 g/mol. The zero-order chi connectivity index (χ0) is 26.5. The van der Waals surface area contributed by atoms with Gasteiger partial charge in [-0.05, 0) is 59.7 Å². The van der Waals surface area contributed by atoms with Crippen molar-refractivity contribution in [2.75, 3.05) is 23.9 Å². The van der Waals surface area contributed by atoms with Crippen molar-refractivity contribution in [1.82, 2.24) is 9.97 Å². The monoisotopic (exact) mass is 526 g/mol. The molecule has 38 heavy (non-hydrogen) atoms. The van der Waals surface area contributed by atoms with Gasteiger partial charge in [-0.15, -0.1) is 11.3 Å². The molecule has 0 unspecified atom stereocenters. The van der Waals surface area contributed by atoms with Gasteiger partial charge in [0.1, 0.15) is 5.82 Å². The Labute approximate surface area is 228 Å². The van der Waals surface area contributed by atoms with Crippen LogP contribution in [-0.2, 0) is 13.1 Å². The quantitative estimate of drug-likeness (QED) is 0.248. The van der Waals surface area contributed by atoms with Crippen LogP contribution < -0.4 is 9.80 Å². The predicted molar refractivity (Wildman–Crippen MR) is 155 cm³/mol. The molecule has 2 aromatic carbocycles. The Balaban J connectivity index is 1.18. The number of benzene rings is 2. The van der Waals surface area contributed by atoms with Gasteiger partial charge in [-0.3, -0.25) is 0 Å². The molecule has 2 aromatic heterocycles. The molecule has 6 nitrogen and oxygen atoms in total. The highest BCUT2D eigenvalue weighted by Crippen LogP contribution is 2.33. The summed E-state index contributed by atoms with van der Waals surface area (Å²) in [7, 11) is 4.07. The van der Waals surface area contributed by atoms with E-state index >= 15 is 0 Å². The molecular formula is C31H34N4O2S. The maximum atomic E-state index is 11.1. The average molecular weight is 527 g/mol. The maximum absolute atomic E-state index is 11.1. The van der Waals surface area contributed by atoms with Crippen LogP contribution >= 0.6 is 11.3 Å². The Bertz CT molecular complexity index is 1340. The van der Waals surface area contributed by atoms with E-state index in [-0.39, 0.29) is 0 Å². The minimum atomic E-state index is -0.913. The average Bonchev–Trinajstić information content (AvgIpc) is 3.45. The maximum Gasteiger partial charge on any atom is 0.335 e. The molecule has 0 atom stereocenters. The summed E-state index contributed by atoms with van der Waals surface area (Å²) >= 11 is 1.59. The first kappa shape index (κ1) is 25.9. The molecule has 0 aliphatic heterocycles. The number of carboxylic acid groups (broad SMARTS) is 1. The van der Waals surface area contributed by atoms with Crippen molar-refractivity contribution < 1.29 is 9.90 Å². The Morgan fingerprint density at radius 2 is 1.55 bits per heavy atom. The van der Waals surface area contributed by atoms with Gasteiger partial charge in [-0.2, -0.15) is 0 Å². The van der Waals surface area contributed by atoms with Gasteiger partial charge in [-0.1, -0.05) is 55.7 Å². The number of carbonyl (C=O) groups is 1. The van der Waals surface area contributed by atoms with E-state index in [0.717, 1.165) is 40.2 Å². The van der Waals surface area contributed by atoms with Crippen LogP contribution in [0.25, 0.3) is 11.3 Å². The fourth-order valence-electron chi connectivity index (χ4n) is 5.12. The van der Waals surface area contributed by atoms with E-state index < -0.39 is 5.97 Å². The van der Waals surface area contributed by atoms with Gasteiger partial charge in [0.25, 0.3) is 0 Å². The number of aromatic nitrogens is 2. The first-order valence-corrected chi connectivity index (χ1v) is 14.1. The molecule has 1 saturated carbocycles. The van der Waals surface area contributed by atoms with Crippen LogP contribution in [-0.4, -0.2) is 35.1 Å². The van der Waals surface area contributed by atoms with E-state index in [1.165, 1.54) is 43.2 Å². The third-order valence-electron chi connectivity index (χ3n) is 7.35. The topological polar surface area (TPSA) is 69.6 Å². The van der Waals surface area contributed by atoms with E-state index in [1.54, 1.807) is 23.5 Å². The van der Waals surface area contributed by atoms with Crippen molar-refractivity contribution in [2.24, 2.45) is 0 Å². The molecule has 0 radical (unpaired) electrons. The van der Waals surface area contributed by atoms with Crippen LogP contribution in [0.15, 0.2) is 72.2 Å². The standard InChI is InChI=1S/C31H34N4O2S/c1-34(19-22-8-12-25(13-9-22)24-6-4-3-5-7-24)29-17-16-27(18-32-29)28-21-38-31(33-28)35(2)20-23-10-14-26(15-11-23)30(36)37/h8-18,21,24H,3-7,19-20H2,1-2H3,(H,36,37). The summed E-state index contributed by atoms with van der Waals surface area (Å²) in [6.07, 6.45) is 8.66. The van der Waals surface area contributed by atoms with Crippen LogP contribution in [0.1, 0.15) is 65.1 Å². The van der Waals surface area contributed by atoms with Gasteiger partial charge in [0.05, 0.1) is 11.3 Å². The van der Waals surface area contributed by atoms with E-state index in [1.807, 2.05) is 30.8 Å². The van der Waals surface area contributed by atoms with E-state index in [9.17, 15) is 4.79 Å². The number of hydrogen-bond donors (Lipinski definition) is 1. The summed E-state index contributed by atoms with van der Waals surface area (Å²) in [5.74, 6) is 0.757. The molecule has 0 saturated heterocycles. The van der Waals surface area contributed by atoms with Crippen molar-refractivity contribution in [2.45, 2.75) is 51.1 Å². The zero-order valence-corrected chi connectivity index (χ0v) is 22.8. The molecule has 1 aliphatic carbocycles. The molecule has 2 heterocycles. The molecule has 0 spiro atoms. The van der Waals surface area contributed by atoms with Crippen LogP contribution in [0.4, 0.5) is 10.9 Å². The van der Waals surface area contributed by atoms with Crippen LogP contribution in [0, 0.1) is 0 Å². The van der Waals surface area contributed by atoms with Gasteiger partial charge in [-0.25, -0.2) is 14.8 Å². The van der Waals surface area contributed by atoms with Gasteiger partial charge < -0.3 is 14.9 Å². The number of carboxylic acids is 1. The molecule has 1 fully saturated rings. The minimum absolute atomic E-state index is 0.294. The fraction of sp³-hybridized carbons (Fsp3) is 0.323. The Hall–Kier alpha value is -3.71. The number of aromatic carboxylic acids is 1. The third-order valence-corrected chi connectivity index (χ3v) is 8.30. The highest BCUT2D eigenvalue weighted by Gasteiger charge is 2.16. The molecule has 196 valence electrons. The zero-order valence-electron chi connectivity index (χ0n) is 22.0. The molecule has 4 aromatic rings. The number of hydrogen-bond acceptors (Lipinski definition) is 6. The summed E-state index contributed by atoms with van der Waals surface area (Å²) in [5, 5.41) is 12.0. The first-order chi connectivity index (χ1) is 18.5. The van der Waals surface area contributed by atoms with E-state index in [2.05, 4.69) is 53.2 Å². The summed E-state index contributed by atoms with van der Waals surface area (Å²) in [6, 6.07) is 20.3. The van der Waals surface area contributed by atoms with Gasteiger partial charge in [0, 0.05) is 44.3 Å². The molecule has 0 bridgehead atoms. The van der Waals surface area contributed by atoms with Crippen LogP contribution in [0.2, 0.25) is 0 Å². The van der Waals surface area contributed by atoms with Gasteiger partial charge in [0.15, 0.2) is 5.13 Å². The van der Waals surface area contributed by atoms with Crippen molar-refractivity contribution in [3.8, 4) is 11.3 Å². The van der Waals surface area contributed by atoms with Crippen molar-refractivity contribution >= 4 is 28.3 Å². The predicted octanol–water partition coefficient (Wildman–Crippen LogP) is 7.22. The lowest BCUT2D eigenvalue weighted by atomic mass is 9.84. The molecule has 1 aliphatic rings. The van der Waals surface area contributed by atoms with Crippen LogP contribution in [0.3, 0.4) is 0 Å². The van der Waals surface area contributed by atoms with Crippen molar-refractivity contribution in [1.29, 1.82) is 0 Å². The highest BCUT2D eigenvalue weighted by atomic mass is 32.1. The summed E-state index contributed by atoms with van der Waals surface area (Å²) in [5.41, 5.74) is 6.00. The smallest absolute Gasteiger partial charge is 0.335 e. The minimum Gasteiger partial charge on any atom is -0.478 e. The van der Waals surface area contributed by atoms with E-state index in [4.69, 9.17) is 15.1 Å². The van der Waals surface area contributed by atoms with Crippen LogP contribution in [0.5, 0.6) is 0 Å². The lowest BCUT2D eigenvalue weighted by Gasteiger charge is -2.23. The fourth-order valence-corrected chi connectivity index (χ4v) is 5.92. The highest BCUT2D eigenvalue weighted by molar-refractivity contribution is 7.14. The summed E-state index contributed by atoms with van der Waals surface area (Å²) in [4.78, 5) is 24.8. The Morgan fingerprint density at radius 1 is 0.895 bits per heavy atom. The summed E-state index contributed by atoms with van der Waals surface area (Å²) in [6.45, 7) is 1.47. The second-order valence-electron chi connectivity index (χ2n) is 10.2. The SMILES string of the molecule is CN(Cc1ccc(C2CCCCC2)cc1)c1ccc(-c2csc(N(C)Cc3ccc(C(=O)O)cc3)n2)cn1. The summed E-state index contributed by atoms with van der Waals surface area (Å²) < 4.78 is 0. The molecule has 0 amide bonds. The first-order valence-electron chi connectivity index (χ1n) is 13.2. The number of nitrogens with zero attached hydrogens (tertiary/aromatic N) is 4. The molecule has 5 rings (SSSR count). The Morgan fingerprint density at radius 3 is 2.18 bits per heavy atom. The molecule has 7 heteroatoms. The lowest BCUT2D eigenvalue weighted by Crippen LogP contribution is -2.17.